The molecule has 2 nitrogen and oxygen atoms in total. The summed E-state index contributed by atoms with van der Waals surface area (Å²) >= 11 is 0. The van der Waals surface area contributed by atoms with Crippen molar-refractivity contribution in [3.05, 3.63) is 252 Å². The predicted molar refractivity (Wildman–Crippen MR) is 256 cm³/mol. The highest BCUT2D eigenvalue weighted by atomic mass is 14.9. The van der Waals surface area contributed by atoms with Crippen LogP contribution in [0, 0.1) is 0 Å². The van der Waals surface area contributed by atoms with Crippen LogP contribution in [0.15, 0.2) is 218 Å². The van der Waals surface area contributed by atoms with E-state index in [9.17, 15) is 0 Å². The molecule has 2 aliphatic carbocycles. The Hall–Kier alpha value is -7.68. The van der Waals surface area contributed by atoms with Crippen molar-refractivity contribution in [2.24, 2.45) is 0 Å². The molecule has 0 bridgehead atoms. The van der Waals surface area contributed by atoms with Gasteiger partial charge in [0.05, 0.1) is 16.8 Å². The summed E-state index contributed by atoms with van der Waals surface area (Å²) in [5, 5.41) is 2.36. The first-order valence-corrected chi connectivity index (χ1v) is 21.6. The monoisotopic (exact) mass is 790 g/mol. The summed E-state index contributed by atoms with van der Waals surface area (Å²) in [5.74, 6) is 0.704. The Morgan fingerprint density at radius 2 is 0.774 bits per heavy atom. The molecule has 2 aliphatic rings. The molecule has 0 amide bonds. The number of hydrogen-bond donors (Lipinski definition) is 0. The van der Waals surface area contributed by atoms with Gasteiger partial charge in [-0.1, -0.05) is 214 Å². The summed E-state index contributed by atoms with van der Waals surface area (Å²) in [5.41, 5.74) is 19.8. The number of aromatic nitrogens is 2. The molecule has 2 heteroatoms. The second-order valence-electron chi connectivity index (χ2n) is 17.3. The van der Waals surface area contributed by atoms with Crippen LogP contribution in [0.2, 0.25) is 0 Å². The van der Waals surface area contributed by atoms with E-state index in [-0.39, 0.29) is 5.41 Å². The molecule has 1 aromatic heterocycles. The van der Waals surface area contributed by atoms with Gasteiger partial charge in [-0.2, -0.15) is 0 Å². The maximum Gasteiger partial charge on any atom is 0.160 e. The maximum absolute atomic E-state index is 5.34. The Kier molecular flexibility index (Phi) is 8.14. The lowest BCUT2D eigenvalue weighted by Gasteiger charge is -2.33. The van der Waals surface area contributed by atoms with Gasteiger partial charge in [0.25, 0.3) is 0 Å². The van der Waals surface area contributed by atoms with Gasteiger partial charge >= 0.3 is 0 Å². The molecule has 292 valence electrons. The maximum atomic E-state index is 5.34. The van der Waals surface area contributed by atoms with E-state index in [2.05, 4.69) is 226 Å². The van der Waals surface area contributed by atoms with Crippen LogP contribution in [0.25, 0.3) is 78.1 Å². The zero-order valence-corrected chi connectivity index (χ0v) is 34.7. The molecule has 0 spiro atoms. The van der Waals surface area contributed by atoms with Crippen LogP contribution in [0.5, 0.6) is 0 Å². The average molecular weight is 791 g/mol. The molecule has 0 saturated heterocycles. The second-order valence-corrected chi connectivity index (χ2v) is 17.3. The van der Waals surface area contributed by atoms with Gasteiger partial charge in [0.2, 0.25) is 0 Å². The van der Waals surface area contributed by atoms with Gasteiger partial charge in [0, 0.05) is 22.1 Å². The molecule has 0 unspecified atom stereocenters. The van der Waals surface area contributed by atoms with Crippen molar-refractivity contribution in [3.8, 4) is 67.3 Å². The molecule has 0 N–H and O–H groups in total. The second kappa shape index (κ2) is 13.9. The highest BCUT2D eigenvalue weighted by Crippen LogP contribution is 2.57. The smallest absolute Gasteiger partial charge is 0.160 e. The molecule has 12 rings (SSSR count). The van der Waals surface area contributed by atoms with Gasteiger partial charge in [-0.15, -0.1) is 0 Å². The number of nitrogens with zero attached hydrogens (tertiary/aromatic N) is 2. The van der Waals surface area contributed by atoms with E-state index in [0.717, 1.165) is 33.5 Å². The first kappa shape index (κ1) is 36.2. The van der Waals surface area contributed by atoms with Crippen molar-refractivity contribution in [1.82, 2.24) is 9.97 Å². The van der Waals surface area contributed by atoms with Gasteiger partial charge < -0.3 is 0 Å². The highest BCUT2D eigenvalue weighted by Gasteiger charge is 2.46. The fourth-order valence-electron chi connectivity index (χ4n) is 10.7. The Morgan fingerprint density at radius 1 is 0.306 bits per heavy atom. The number of rotatable bonds is 6. The average Bonchev–Trinajstić information content (AvgIpc) is 3.77. The van der Waals surface area contributed by atoms with Crippen LogP contribution in [-0.4, -0.2) is 9.97 Å². The zero-order valence-electron chi connectivity index (χ0n) is 34.7. The molecule has 10 aromatic rings. The minimum absolute atomic E-state index is 0.0350. The summed E-state index contributed by atoms with van der Waals surface area (Å²) in [6.45, 7) is 4.68. The van der Waals surface area contributed by atoms with Crippen molar-refractivity contribution >= 4 is 10.8 Å². The molecule has 1 heterocycles. The Morgan fingerprint density at radius 3 is 1.48 bits per heavy atom. The van der Waals surface area contributed by atoms with Crippen molar-refractivity contribution < 1.29 is 0 Å². The van der Waals surface area contributed by atoms with E-state index in [4.69, 9.17) is 9.97 Å². The Labute approximate surface area is 362 Å². The van der Waals surface area contributed by atoms with Gasteiger partial charge in [0.1, 0.15) is 0 Å². The van der Waals surface area contributed by atoms with E-state index in [1.54, 1.807) is 0 Å². The lowest BCUT2D eigenvalue weighted by atomic mass is 9.67. The normalized spacial score (nSPS) is 13.9. The van der Waals surface area contributed by atoms with Crippen molar-refractivity contribution in [2.75, 3.05) is 0 Å². The molecule has 62 heavy (non-hydrogen) atoms. The van der Waals surface area contributed by atoms with Crippen LogP contribution in [0.1, 0.15) is 47.2 Å². The summed E-state index contributed by atoms with van der Waals surface area (Å²) in [4.78, 5) is 10.7. The number of hydrogen-bond acceptors (Lipinski definition) is 2. The van der Waals surface area contributed by atoms with Crippen molar-refractivity contribution in [1.29, 1.82) is 0 Å². The van der Waals surface area contributed by atoms with E-state index in [1.165, 1.54) is 72.1 Å². The van der Waals surface area contributed by atoms with Crippen molar-refractivity contribution in [3.63, 3.8) is 0 Å². The van der Waals surface area contributed by atoms with E-state index < -0.39 is 5.41 Å². The zero-order chi connectivity index (χ0) is 41.4. The topological polar surface area (TPSA) is 25.8 Å². The first-order chi connectivity index (χ1) is 30.5. The Bertz CT molecular complexity index is 3330. The highest BCUT2D eigenvalue weighted by molar-refractivity contribution is 6.05. The van der Waals surface area contributed by atoms with Gasteiger partial charge in [0.15, 0.2) is 5.82 Å². The molecule has 0 fully saturated rings. The van der Waals surface area contributed by atoms with Crippen LogP contribution in [0.3, 0.4) is 0 Å². The van der Waals surface area contributed by atoms with Crippen LogP contribution in [-0.2, 0) is 10.8 Å². The largest absolute Gasteiger partial charge is 0.228 e. The number of fused-ring (bicyclic) bond motifs is 7. The lowest BCUT2D eigenvalue weighted by molar-refractivity contribution is 0.660. The SMILES string of the molecule is CC1(C)c2ccccc2-c2cc(-c3ccc(-c4cc(-c5ccc6c(c5)-c5ccccc5C6(c5ccccc5)c5ccccc5)nc(-c5ccccc5)n4)c4ccccc34)ccc21. The van der Waals surface area contributed by atoms with E-state index >= 15 is 0 Å². The molecule has 9 aromatic carbocycles. The lowest BCUT2D eigenvalue weighted by Crippen LogP contribution is -2.28. The predicted octanol–water partition coefficient (Wildman–Crippen LogP) is 15.0. The summed E-state index contributed by atoms with van der Waals surface area (Å²) in [6.07, 6.45) is 0. The Balaban J connectivity index is 1.03. The van der Waals surface area contributed by atoms with Crippen LogP contribution >= 0.6 is 0 Å². The minimum atomic E-state index is -0.460. The first-order valence-electron chi connectivity index (χ1n) is 21.6. The quantitative estimate of drug-likeness (QED) is 0.168. The van der Waals surface area contributed by atoms with Crippen LogP contribution < -0.4 is 0 Å². The van der Waals surface area contributed by atoms with Crippen molar-refractivity contribution in [2.45, 2.75) is 24.7 Å². The van der Waals surface area contributed by atoms with Crippen LogP contribution in [0.4, 0.5) is 0 Å². The molecule has 0 atom stereocenters. The van der Waals surface area contributed by atoms with Gasteiger partial charge in [-0.05, 0) is 95.7 Å². The van der Waals surface area contributed by atoms with E-state index in [0.29, 0.717) is 5.82 Å². The fourth-order valence-corrected chi connectivity index (χ4v) is 10.7. The fraction of sp³-hybridized carbons (Fsp3) is 0.0667. The molecular weight excluding hydrogens is 749 g/mol. The standard InChI is InChI=1S/C60H42N2/c1-59(2)52-28-16-14-26-47(52)50-36-40(30-34-53(50)59)44-32-33-49(46-25-13-12-24-45(44)46)57-38-56(61-58(62-57)39-18-6-3-7-19-39)41-31-35-55-51(37-41)48-27-15-17-29-54(48)60(55,42-20-8-4-9-21-42)43-22-10-5-11-23-43/h3-38H,1-2H3. The minimum Gasteiger partial charge on any atom is -0.228 e. The third kappa shape index (κ3) is 5.36. The summed E-state index contributed by atoms with van der Waals surface area (Å²) < 4.78 is 0. The molecule has 0 aliphatic heterocycles. The summed E-state index contributed by atoms with van der Waals surface area (Å²) in [7, 11) is 0. The summed E-state index contributed by atoms with van der Waals surface area (Å²) in [6, 6.07) is 79.6. The third-order valence-electron chi connectivity index (χ3n) is 13.6. The third-order valence-corrected chi connectivity index (χ3v) is 13.6. The van der Waals surface area contributed by atoms with Gasteiger partial charge in [-0.25, -0.2) is 9.97 Å². The molecular formula is C60H42N2. The van der Waals surface area contributed by atoms with E-state index in [1.807, 2.05) is 6.07 Å². The van der Waals surface area contributed by atoms with Gasteiger partial charge in [-0.3, -0.25) is 0 Å². The molecule has 0 radical (unpaired) electrons. The molecule has 0 saturated carbocycles. The number of benzene rings is 9.